The van der Waals surface area contributed by atoms with E-state index in [1.54, 1.807) is 13.0 Å². The van der Waals surface area contributed by atoms with Crippen molar-refractivity contribution in [2.75, 3.05) is 25.7 Å². The molecule has 1 aliphatic rings. The summed E-state index contributed by atoms with van der Waals surface area (Å²) in [6, 6.07) is -0.627. The van der Waals surface area contributed by atoms with Gasteiger partial charge in [-0.05, 0) is 31.3 Å². The van der Waals surface area contributed by atoms with E-state index in [2.05, 4.69) is 10.6 Å². The van der Waals surface area contributed by atoms with E-state index in [9.17, 15) is 21.6 Å². The predicted octanol–water partition coefficient (Wildman–Crippen LogP) is 0.147. The molecule has 0 heterocycles. The number of hydrogen-bond acceptors (Lipinski definition) is 8. The summed E-state index contributed by atoms with van der Waals surface area (Å²) in [5, 5.41) is 5.99. The normalized spacial score (nSPS) is 22.4. The topological polar surface area (TPSA) is 128 Å². The molecule has 2 unspecified atom stereocenters. The van der Waals surface area contributed by atoms with E-state index in [4.69, 9.17) is 8.37 Å². The van der Waals surface area contributed by atoms with Crippen molar-refractivity contribution in [2.24, 2.45) is 5.92 Å². The third-order valence-corrected chi connectivity index (χ3v) is 4.97. The Kier molecular flexibility index (Phi) is 8.87. The molecule has 27 heavy (non-hydrogen) atoms. The average molecular weight is 427 g/mol. The Morgan fingerprint density at radius 2 is 1.74 bits per heavy atom. The monoisotopic (exact) mass is 426 g/mol. The first-order chi connectivity index (χ1) is 12.2. The number of amides is 1. The quantitative estimate of drug-likeness (QED) is 0.373. The first-order valence-electron chi connectivity index (χ1n) is 8.70. The summed E-state index contributed by atoms with van der Waals surface area (Å²) in [5.41, 5.74) is 0.670. The van der Waals surface area contributed by atoms with Gasteiger partial charge in [0, 0.05) is 12.1 Å². The summed E-state index contributed by atoms with van der Waals surface area (Å²) in [7, 11) is -7.20. The van der Waals surface area contributed by atoms with Crippen LogP contribution in [0.2, 0.25) is 0 Å². The molecule has 1 rings (SSSR count). The highest BCUT2D eigenvalue weighted by molar-refractivity contribution is 7.86. The van der Waals surface area contributed by atoms with Gasteiger partial charge in [0.15, 0.2) is 0 Å². The summed E-state index contributed by atoms with van der Waals surface area (Å²) >= 11 is 0. The predicted molar refractivity (Wildman–Crippen MR) is 102 cm³/mol. The van der Waals surface area contributed by atoms with Crippen LogP contribution in [0, 0.1) is 5.92 Å². The number of nitrogens with one attached hydrogen (secondary N) is 2. The van der Waals surface area contributed by atoms with Crippen LogP contribution in [0.3, 0.4) is 0 Å². The van der Waals surface area contributed by atoms with Crippen molar-refractivity contribution >= 4 is 26.1 Å². The lowest BCUT2D eigenvalue weighted by molar-refractivity contribution is -0.123. The number of carbonyl (C=O) groups excluding carboxylic acids is 1. The van der Waals surface area contributed by atoms with E-state index in [0.29, 0.717) is 18.4 Å². The van der Waals surface area contributed by atoms with Gasteiger partial charge in [-0.15, -0.1) is 0 Å². The van der Waals surface area contributed by atoms with Gasteiger partial charge in [0.05, 0.1) is 31.8 Å². The Hall–Kier alpha value is -1.01. The van der Waals surface area contributed by atoms with E-state index in [1.165, 1.54) is 0 Å². The van der Waals surface area contributed by atoms with Crippen LogP contribution in [0.1, 0.15) is 33.6 Å². The van der Waals surface area contributed by atoms with Gasteiger partial charge in [-0.2, -0.15) is 16.8 Å². The van der Waals surface area contributed by atoms with Crippen molar-refractivity contribution in [3.8, 4) is 0 Å². The summed E-state index contributed by atoms with van der Waals surface area (Å²) < 4.78 is 54.7. The van der Waals surface area contributed by atoms with Crippen LogP contribution in [0.5, 0.6) is 0 Å². The molecular weight excluding hydrogens is 396 g/mol. The van der Waals surface area contributed by atoms with Crippen LogP contribution in [0.25, 0.3) is 0 Å². The molecule has 1 amide bonds. The minimum atomic E-state index is -3.61. The lowest BCUT2D eigenvalue weighted by Gasteiger charge is -2.29. The second-order valence-electron chi connectivity index (χ2n) is 7.24. The standard InChI is InChI=1S/C16H30N2O7S2/c1-11(2)17-12(3)16(19)18-15-7-13(9-24-26(4,20)21)6-14(8-15)10-25-27(5,22)23/h7,11-12,14-15,17H,6,8-10H2,1-5H3,(H,18,19)/t12-,14?,15?/m0/s1. The van der Waals surface area contributed by atoms with Crippen molar-refractivity contribution in [2.45, 2.75) is 51.7 Å². The summed E-state index contributed by atoms with van der Waals surface area (Å²) in [4.78, 5) is 12.3. The zero-order valence-corrected chi connectivity index (χ0v) is 18.0. The molecule has 158 valence electrons. The molecule has 9 nitrogen and oxygen atoms in total. The maximum Gasteiger partial charge on any atom is 0.264 e. The van der Waals surface area contributed by atoms with Crippen LogP contribution in [-0.2, 0) is 33.4 Å². The van der Waals surface area contributed by atoms with Gasteiger partial charge in [0.1, 0.15) is 0 Å². The smallest absolute Gasteiger partial charge is 0.264 e. The third-order valence-electron chi connectivity index (χ3n) is 3.86. The molecule has 0 spiro atoms. The highest BCUT2D eigenvalue weighted by atomic mass is 32.2. The second kappa shape index (κ2) is 9.97. The van der Waals surface area contributed by atoms with Crippen LogP contribution >= 0.6 is 0 Å². The molecule has 2 N–H and O–H groups in total. The summed E-state index contributed by atoms with van der Waals surface area (Å²) in [6.07, 6.45) is 4.61. The van der Waals surface area contributed by atoms with Gasteiger partial charge < -0.3 is 10.6 Å². The Bertz CT molecular complexity index is 745. The van der Waals surface area contributed by atoms with Crippen molar-refractivity contribution in [3.63, 3.8) is 0 Å². The van der Waals surface area contributed by atoms with Crippen LogP contribution in [0.4, 0.5) is 0 Å². The Morgan fingerprint density at radius 3 is 2.26 bits per heavy atom. The Labute approximate surface area is 162 Å². The van der Waals surface area contributed by atoms with Crippen molar-refractivity contribution in [1.82, 2.24) is 10.6 Å². The molecule has 0 fully saturated rings. The number of rotatable bonds is 10. The molecule has 0 saturated heterocycles. The maximum absolute atomic E-state index is 12.3. The lowest BCUT2D eigenvalue weighted by Crippen LogP contribution is -2.49. The van der Waals surface area contributed by atoms with E-state index in [-0.39, 0.29) is 37.1 Å². The average Bonchev–Trinajstić information content (AvgIpc) is 2.49. The minimum absolute atomic E-state index is 0.0405. The molecule has 0 aromatic rings. The molecule has 0 aromatic carbocycles. The van der Waals surface area contributed by atoms with Gasteiger partial charge in [-0.25, -0.2) is 0 Å². The SMILES string of the molecule is CC(C)N[C@@H](C)C(=O)NC1C=C(COS(C)(=O)=O)CC(COS(C)(=O)=O)C1. The van der Waals surface area contributed by atoms with Crippen molar-refractivity contribution in [1.29, 1.82) is 0 Å². The zero-order chi connectivity index (χ0) is 20.8. The Morgan fingerprint density at radius 1 is 1.15 bits per heavy atom. The van der Waals surface area contributed by atoms with Crippen LogP contribution in [0.15, 0.2) is 11.6 Å². The van der Waals surface area contributed by atoms with Gasteiger partial charge in [-0.1, -0.05) is 19.9 Å². The first-order valence-corrected chi connectivity index (χ1v) is 12.3. The Balaban J connectivity index is 2.82. The molecule has 0 aliphatic heterocycles. The fraction of sp³-hybridized carbons (Fsp3) is 0.812. The fourth-order valence-corrected chi connectivity index (χ4v) is 3.66. The fourth-order valence-electron chi connectivity index (χ4n) is 2.85. The molecule has 1 aliphatic carbocycles. The number of carbonyl (C=O) groups is 1. The summed E-state index contributed by atoms with van der Waals surface area (Å²) in [5.74, 6) is -0.389. The van der Waals surface area contributed by atoms with E-state index < -0.39 is 26.3 Å². The van der Waals surface area contributed by atoms with E-state index in [1.807, 2.05) is 13.8 Å². The molecule has 0 bridgehead atoms. The molecule has 0 radical (unpaired) electrons. The molecule has 0 saturated carbocycles. The molecule has 11 heteroatoms. The molecule has 3 atom stereocenters. The maximum atomic E-state index is 12.3. The van der Waals surface area contributed by atoms with Gasteiger partial charge in [-0.3, -0.25) is 13.2 Å². The van der Waals surface area contributed by atoms with Gasteiger partial charge in [0.25, 0.3) is 20.2 Å². The highest BCUT2D eigenvalue weighted by Gasteiger charge is 2.27. The van der Waals surface area contributed by atoms with Crippen molar-refractivity contribution in [3.05, 3.63) is 11.6 Å². The van der Waals surface area contributed by atoms with Gasteiger partial charge in [0.2, 0.25) is 5.91 Å². The highest BCUT2D eigenvalue weighted by Crippen LogP contribution is 2.26. The largest absolute Gasteiger partial charge is 0.349 e. The molecular formula is C16H30N2O7S2. The minimum Gasteiger partial charge on any atom is -0.349 e. The van der Waals surface area contributed by atoms with Crippen LogP contribution in [-0.4, -0.2) is 66.6 Å². The zero-order valence-electron chi connectivity index (χ0n) is 16.4. The number of hydrogen-bond donors (Lipinski definition) is 2. The summed E-state index contributed by atoms with van der Waals surface area (Å²) in [6.45, 7) is 5.44. The van der Waals surface area contributed by atoms with E-state index >= 15 is 0 Å². The second-order valence-corrected chi connectivity index (χ2v) is 10.5. The molecule has 0 aromatic heterocycles. The third kappa shape index (κ3) is 10.8. The van der Waals surface area contributed by atoms with Crippen LogP contribution < -0.4 is 10.6 Å². The lowest BCUT2D eigenvalue weighted by atomic mass is 9.86. The first kappa shape index (κ1) is 24.0. The van der Waals surface area contributed by atoms with Crippen molar-refractivity contribution < 1.29 is 30.0 Å². The van der Waals surface area contributed by atoms with Gasteiger partial charge >= 0.3 is 0 Å². The van der Waals surface area contributed by atoms with E-state index in [0.717, 1.165) is 12.5 Å².